The van der Waals surface area contributed by atoms with E-state index in [0.29, 0.717) is 0 Å². The summed E-state index contributed by atoms with van der Waals surface area (Å²) in [6, 6.07) is 0. The van der Waals surface area contributed by atoms with Gasteiger partial charge < -0.3 is 0 Å². The van der Waals surface area contributed by atoms with E-state index in [1.54, 1.807) is 0 Å². The highest BCUT2D eigenvalue weighted by molar-refractivity contribution is 5.01. The summed E-state index contributed by atoms with van der Waals surface area (Å²) in [7, 11) is 0. The molecular formula is C15H26F2. The van der Waals surface area contributed by atoms with Crippen molar-refractivity contribution in [3.05, 3.63) is 0 Å². The van der Waals surface area contributed by atoms with Gasteiger partial charge in [-0.15, -0.1) is 0 Å². The van der Waals surface area contributed by atoms with E-state index in [-0.39, 0.29) is 11.8 Å². The highest BCUT2D eigenvalue weighted by atomic mass is 19.3. The van der Waals surface area contributed by atoms with E-state index in [9.17, 15) is 8.78 Å². The van der Waals surface area contributed by atoms with Gasteiger partial charge in [0.15, 0.2) is 0 Å². The molecule has 0 nitrogen and oxygen atoms in total. The van der Waals surface area contributed by atoms with E-state index in [0.717, 1.165) is 37.0 Å². The lowest BCUT2D eigenvalue weighted by Gasteiger charge is -2.56. The Labute approximate surface area is 104 Å². The van der Waals surface area contributed by atoms with Gasteiger partial charge in [0.1, 0.15) is 0 Å². The first-order chi connectivity index (χ1) is 8.07. The SMILES string of the molecule is CCC.FC(F)CC12CC3CC(CC(C3)C1)C2. The molecule has 0 aromatic carbocycles. The molecule has 0 unspecified atom stereocenters. The molecule has 0 heterocycles. The number of halogens is 2. The Hall–Kier alpha value is -0.140. The van der Waals surface area contributed by atoms with E-state index in [4.69, 9.17) is 0 Å². The Morgan fingerprint density at radius 3 is 1.59 bits per heavy atom. The lowest BCUT2D eigenvalue weighted by atomic mass is 9.49. The number of rotatable bonds is 2. The Morgan fingerprint density at radius 1 is 0.941 bits per heavy atom. The summed E-state index contributed by atoms with van der Waals surface area (Å²) in [6.45, 7) is 4.25. The zero-order valence-corrected chi connectivity index (χ0v) is 11.2. The van der Waals surface area contributed by atoms with Crippen molar-refractivity contribution in [1.82, 2.24) is 0 Å². The standard InChI is InChI=1S/C12H18F2.C3H8/c13-11(14)7-12-4-8-1-9(5-12)3-10(2-8)6-12;1-3-2/h8-11H,1-7H2;3H2,1-2H3. The van der Waals surface area contributed by atoms with Crippen LogP contribution in [0, 0.1) is 23.2 Å². The molecule has 0 aliphatic heterocycles. The second-order valence-corrected chi connectivity index (χ2v) is 6.72. The van der Waals surface area contributed by atoms with Crippen LogP contribution >= 0.6 is 0 Å². The van der Waals surface area contributed by atoms with Crippen molar-refractivity contribution in [2.24, 2.45) is 23.2 Å². The van der Waals surface area contributed by atoms with Crippen LogP contribution in [0.15, 0.2) is 0 Å². The van der Waals surface area contributed by atoms with Gasteiger partial charge in [-0.3, -0.25) is 0 Å². The first-order valence-corrected chi connectivity index (χ1v) is 7.35. The van der Waals surface area contributed by atoms with Crippen LogP contribution in [-0.4, -0.2) is 6.43 Å². The molecule has 0 radical (unpaired) electrons. The third-order valence-corrected chi connectivity index (χ3v) is 4.75. The molecule has 4 rings (SSSR count). The van der Waals surface area contributed by atoms with Crippen LogP contribution in [0.4, 0.5) is 8.78 Å². The van der Waals surface area contributed by atoms with E-state index in [1.165, 1.54) is 25.7 Å². The van der Waals surface area contributed by atoms with E-state index in [1.807, 2.05) is 0 Å². The topological polar surface area (TPSA) is 0 Å². The van der Waals surface area contributed by atoms with Crippen molar-refractivity contribution in [3.63, 3.8) is 0 Å². The molecule has 4 bridgehead atoms. The lowest BCUT2D eigenvalue weighted by Crippen LogP contribution is -2.46. The quantitative estimate of drug-likeness (QED) is 0.620. The largest absolute Gasteiger partial charge is 0.239 e. The molecule has 0 amide bonds. The van der Waals surface area contributed by atoms with E-state index in [2.05, 4.69) is 13.8 Å². The van der Waals surface area contributed by atoms with Gasteiger partial charge in [-0.25, -0.2) is 8.78 Å². The van der Waals surface area contributed by atoms with Gasteiger partial charge in [-0.2, -0.15) is 0 Å². The summed E-state index contributed by atoms with van der Waals surface area (Å²) in [6.07, 6.45) is 6.76. The van der Waals surface area contributed by atoms with Crippen molar-refractivity contribution in [1.29, 1.82) is 0 Å². The molecule has 0 saturated heterocycles. The highest BCUT2D eigenvalue weighted by Crippen LogP contribution is 2.61. The summed E-state index contributed by atoms with van der Waals surface area (Å²) in [5.41, 5.74) is 0.0723. The smallest absolute Gasteiger partial charge is 0.211 e. The molecule has 4 saturated carbocycles. The van der Waals surface area contributed by atoms with Crippen LogP contribution in [0.25, 0.3) is 0 Å². The molecule has 4 fully saturated rings. The fraction of sp³-hybridized carbons (Fsp3) is 1.00. The second-order valence-electron chi connectivity index (χ2n) is 6.72. The molecule has 100 valence electrons. The summed E-state index contributed by atoms with van der Waals surface area (Å²) in [5, 5.41) is 0. The van der Waals surface area contributed by atoms with Gasteiger partial charge in [0, 0.05) is 6.42 Å². The zero-order chi connectivity index (χ0) is 12.5. The summed E-state index contributed by atoms with van der Waals surface area (Å²) in [5.74, 6) is 2.42. The normalized spacial score (nSPS) is 42.5. The minimum atomic E-state index is -2.08. The summed E-state index contributed by atoms with van der Waals surface area (Å²) >= 11 is 0. The van der Waals surface area contributed by atoms with Crippen molar-refractivity contribution in [3.8, 4) is 0 Å². The van der Waals surface area contributed by atoms with Crippen molar-refractivity contribution in [2.45, 2.75) is 71.6 Å². The maximum Gasteiger partial charge on any atom is 0.239 e. The highest BCUT2D eigenvalue weighted by Gasteiger charge is 2.51. The molecule has 4 aliphatic carbocycles. The maximum atomic E-state index is 12.5. The molecule has 2 heteroatoms. The van der Waals surface area contributed by atoms with Crippen LogP contribution in [0.2, 0.25) is 0 Å². The first-order valence-electron chi connectivity index (χ1n) is 7.35. The number of alkyl halides is 2. The van der Waals surface area contributed by atoms with Gasteiger partial charge in [0.05, 0.1) is 0 Å². The van der Waals surface area contributed by atoms with E-state index < -0.39 is 6.43 Å². The summed E-state index contributed by atoms with van der Waals surface area (Å²) in [4.78, 5) is 0. The molecule has 17 heavy (non-hydrogen) atoms. The lowest BCUT2D eigenvalue weighted by molar-refractivity contribution is -0.0813. The monoisotopic (exact) mass is 244 g/mol. The summed E-state index contributed by atoms with van der Waals surface area (Å²) < 4.78 is 25.1. The Bertz CT molecular complexity index is 206. The van der Waals surface area contributed by atoms with Crippen LogP contribution in [-0.2, 0) is 0 Å². The van der Waals surface area contributed by atoms with Gasteiger partial charge >= 0.3 is 0 Å². The van der Waals surface area contributed by atoms with E-state index >= 15 is 0 Å². The minimum Gasteiger partial charge on any atom is -0.211 e. The van der Waals surface area contributed by atoms with Crippen molar-refractivity contribution >= 4 is 0 Å². The molecule has 4 aliphatic rings. The zero-order valence-electron chi connectivity index (χ0n) is 11.2. The fourth-order valence-electron chi connectivity index (χ4n) is 4.87. The predicted molar refractivity (Wildman–Crippen MR) is 67.2 cm³/mol. The van der Waals surface area contributed by atoms with Gasteiger partial charge in [-0.05, 0) is 61.7 Å². The Morgan fingerprint density at radius 2 is 1.29 bits per heavy atom. The average Bonchev–Trinajstić information content (AvgIpc) is 2.13. The third-order valence-electron chi connectivity index (χ3n) is 4.75. The molecule has 0 atom stereocenters. The fourth-order valence-corrected chi connectivity index (χ4v) is 4.87. The Balaban J connectivity index is 0.000000329. The maximum absolute atomic E-state index is 12.5. The van der Waals surface area contributed by atoms with Gasteiger partial charge in [0.25, 0.3) is 0 Å². The number of hydrogen-bond donors (Lipinski definition) is 0. The molecule has 0 N–H and O–H groups in total. The number of hydrogen-bond acceptors (Lipinski definition) is 0. The van der Waals surface area contributed by atoms with Gasteiger partial charge in [0.2, 0.25) is 6.43 Å². The van der Waals surface area contributed by atoms with Crippen LogP contribution in [0.3, 0.4) is 0 Å². The molecule has 0 aromatic rings. The van der Waals surface area contributed by atoms with Crippen LogP contribution in [0.1, 0.15) is 65.2 Å². The van der Waals surface area contributed by atoms with Crippen LogP contribution in [0.5, 0.6) is 0 Å². The average molecular weight is 244 g/mol. The predicted octanol–water partition coefficient (Wildman–Crippen LogP) is 5.27. The van der Waals surface area contributed by atoms with Gasteiger partial charge in [-0.1, -0.05) is 20.3 Å². The van der Waals surface area contributed by atoms with Crippen LogP contribution < -0.4 is 0 Å². The molecule has 0 spiro atoms. The van der Waals surface area contributed by atoms with Crippen molar-refractivity contribution < 1.29 is 8.78 Å². The third kappa shape index (κ3) is 3.00. The Kier molecular flexibility index (Phi) is 4.10. The molecular weight excluding hydrogens is 218 g/mol. The van der Waals surface area contributed by atoms with Crippen molar-refractivity contribution in [2.75, 3.05) is 0 Å². The second kappa shape index (κ2) is 5.24. The first kappa shape index (κ1) is 13.3. The minimum absolute atomic E-state index is 0.0723. The molecule has 0 aromatic heterocycles.